The zero-order valence-electron chi connectivity index (χ0n) is 15.1. The van der Waals surface area contributed by atoms with Crippen LogP contribution >= 0.6 is 0 Å². The molecular formula is C18H22N8O. The summed E-state index contributed by atoms with van der Waals surface area (Å²) in [7, 11) is 0. The van der Waals surface area contributed by atoms with Gasteiger partial charge in [-0.05, 0) is 38.0 Å². The smallest absolute Gasteiger partial charge is 0.241 e. The molecule has 2 aromatic rings. The third-order valence-corrected chi connectivity index (χ3v) is 4.57. The average molecular weight is 366 g/mol. The molecule has 9 heteroatoms. The highest BCUT2D eigenvalue weighted by atomic mass is 16.5. The molecule has 1 aromatic heterocycles. The van der Waals surface area contributed by atoms with Gasteiger partial charge in [0.2, 0.25) is 5.90 Å². The van der Waals surface area contributed by atoms with Crippen molar-refractivity contribution >= 4 is 23.2 Å². The Morgan fingerprint density at radius 3 is 2.67 bits per heavy atom. The lowest BCUT2D eigenvalue weighted by molar-refractivity contribution is 0.363. The van der Waals surface area contributed by atoms with Gasteiger partial charge in [0.05, 0.1) is 11.8 Å². The number of nitrogens with two attached hydrogens (primary N) is 3. The summed E-state index contributed by atoms with van der Waals surface area (Å²) in [5, 5.41) is 17.3. The molecule has 0 spiro atoms. The topological polar surface area (TPSA) is 164 Å². The molecule has 0 aliphatic carbocycles. The summed E-state index contributed by atoms with van der Waals surface area (Å²) in [6.45, 7) is 3.58. The Morgan fingerprint density at radius 1 is 1.33 bits per heavy atom. The van der Waals surface area contributed by atoms with E-state index in [9.17, 15) is 5.26 Å². The second kappa shape index (κ2) is 7.09. The van der Waals surface area contributed by atoms with Crippen molar-refractivity contribution in [1.29, 1.82) is 10.7 Å². The van der Waals surface area contributed by atoms with Gasteiger partial charge in [-0.2, -0.15) is 5.26 Å². The van der Waals surface area contributed by atoms with Crippen LogP contribution in [0.15, 0.2) is 24.4 Å². The van der Waals surface area contributed by atoms with Crippen molar-refractivity contribution in [2.24, 2.45) is 5.73 Å². The van der Waals surface area contributed by atoms with Gasteiger partial charge >= 0.3 is 0 Å². The van der Waals surface area contributed by atoms with E-state index in [-0.39, 0.29) is 34.3 Å². The predicted molar refractivity (Wildman–Crippen MR) is 104 cm³/mol. The number of nitrogen functional groups attached to an aromatic ring is 2. The van der Waals surface area contributed by atoms with Crippen LogP contribution in [0.25, 0.3) is 0 Å². The van der Waals surface area contributed by atoms with Gasteiger partial charge < -0.3 is 26.8 Å². The molecule has 0 radical (unpaired) electrons. The van der Waals surface area contributed by atoms with Crippen LogP contribution in [0.2, 0.25) is 0 Å². The molecule has 1 aliphatic heterocycles. The third-order valence-electron chi connectivity index (χ3n) is 4.57. The zero-order chi connectivity index (χ0) is 19.6. The summed E-state index contributed by atoms with van der Waals surface area (Å²) in [4.78, 5) is 10.7. The van der Waals surface area contributed by atoms with Crippen LogP contribution in [0.3, 0.4) is 0 Å². The molecule has 2 heterocycles. The highest BCUT2D eigenvalue weighted by molar-refractivity contribution is 5.95. The number of piperidine rings is 1. The molecule has 0 bridgehead atoms. The Morgan fingerprint density at radius 2 is 2.04 bits per heavy atom. The maximum Gasteiger partial charge on any atom is 0.241 e. The number of ether oxygens (including phenoxy) is 1. The fraction of sp³-hybridized carbons (Fsp3) is 0.333. The second-order valence-electron chi connectivity index (χ2n) is 6.90. The number of rotatable bonds is 3. The van der Waals surface area contributed by atoms with Crippen molar-refractivity contribution in [1.82, 2.24) is 9.97 Å². The van der Waals surface area contributed by atoms with Gasteiger partial charge in [0, 0.05) is 24.3 Å². The minimum atomic E-state index is -0.291. The number of hydrogen-bond acceptors (Lipinski definition) is 9. The lowest BCUT2D eigenvalue weighted by Gasteiger charge is -2.37. The van der Waals surface area contributed by atoms with E-state index >= 15 is 0 Å². The highest BCUT2D eigenvalue weighted by Crippen LogP contribution is 2.25. The molecule has 1 aromatic carbocycles. The van der Waals surface area contributed by atoms with Gasteiger partial charge in [-0.3, -0.25) is 5.41 Å². The summed E-state index contributed by atoms with van der Waals surface area (Å²) in [5.74, 6) is 0.651. The molecule has 0 amide bonds. The fourth-order valence-electron chi connectivity index (χ4n) is 2.85. The van der Waals surface area contributed by atoms with Gasteiger partial charge in [0.15, 0.2) is 11.5 Å². The molecule has 9 nitrogen and oxygen atoms in total. The molecule has 7 N–H and O–H groups in total. The van der Waals surface area contributed by atoms with Gasteiger partial charge in [-0.1, -0.05) is 0 Å². The molecule has 27 heavy (non-hydrogen) atoms. The average Bonchev–Trinajstić information content (AvgIpc) is 2.63. The summed E-state index contributed by atoms with van der Waals surface area (Å²) in [6.07, 6.45) is 3.27. The number of benzene rings is 1. The van der Waals surface area contributed by atoms with Crippen LogP contribution in [0.1, 0.15) is 31.0 Å². The molecule has 1 fully saturated rings. The molecule has 140 valence electrons. The van der Waals surface area contributed by atoms with E-state index in [0.29, 0.717) is 11.5 Å². The van der Waals surface area contributed by atoms with E-state index < -0.39 is 0 Å². The lowest BCUT2D eigenvalue weighted by atomic mass is 9.91. The van der Waals surface area contributed by atoms with Crippen molar-refractivity contribution in [3.8, 4) is 11.8 Å². The molecule has 0 saturated carbocycles. The van der Waals surface area contributed by atoms with E-state index in [1.54, 1.807) is 12.3 Å². The van der Waals surface area contributed by atoms with Crippen molar-refractivity contribution in [3.05, 3.63) is 35.7 Å². The number of nitrogens with zero attached hydrogens (tertiary/aromatic N) is 4. The number of aromatic nitrogens is 2. The van der Waals surface area contributed by atoms with E-state index in [2.05, 4.69) is 14.9 Å². The summed E-state index contributed by atoms with van der Waals surface area (Å²) >= 11 is 0. The van der Waals surface area contributed by atoms with E-state index in [1.165, 1.54) is 12.1 Å². The standard InChI is InChI=1S/C18H22N8O/c1-18(23)4-6-26(7-5-18)14-10-24-15(16(21)25-14)17(22)27-13-3-2-12(20)8-11(13)9-19/h2-3,8,10,22H,4-7,20,23H2,1H3,(H2,21,25). The Bertz CT molecular complexity index is 908. The van der Waals surface area contributed by atoms with Crippen LogP contribution in [0, 0.1) is 16.7 Å². The number of hydrogen-bond donors (Lipinski definition) is 4. The maximum absolute atomic E-state index is 9.18. The second-order valence-corrected chi connectivity index (χ2v) is 6.90. The van der Waals surface area contributed by atoms with E-state index in [0.717, 1.165) is 25.9 Å². The van der Waals surface area contributed by atoms with Crippen molar-refractivity contribution in [2.75, 3.05) is 29.5 Å². The highest BCUT2D eigenvalue weighted by Gasteiger charge is 2.27. The normalized spacial score (nSPS) is 15.8. The van der Waals surface area contributed by atoms with Crippen LogP contribution in [-0.2, 0) is 0 Å². The van der Waals surface area contributed by atoms with Gasteiger partial charge in [-0.15, -0.1) is 0 Å². The summed E-state index contributed by atoms with van der Waals surface area (Å²) in [5.41, 5.74) is 18.4. The van der Waals surface area contributed by atoms with E-state index in [1.807, 2.05) is 13.0 Å². The predicted octanol–water partition coefficient (Wildman–Crippen LogP) is 1.23. The monoisotopic (exact) mass is 366 g/mol. The third kappa shape index (κ3) is 4.07. The zero-order valence-corrected chi connectivity index (χ0v) is 15.1. The molecule has 0 atom stereocenters. The van der Waals surface area contributed by atoms with Crippen molar-refractivity contribution < 1.29 is 4.74 Å². The first-order valence-corrected chi connectivity index (χ1v) is 8.52. The SMILES string of the molecule is CC1(N)CCN(c2cnc(C(=N)Oc3ccc(N)cc3C#N)c(N)n2)CC1. The van der Waals surface area contributed by atoms with Gasteiger partial charge in [0.25, 0.3) is 0 Å². The largest absolute Gasteiger partial charge is 0.436 e. The lowest BCUT2D eigenvalue weighted by Crippen LogP contribution is -2.48. The fourth-order valence-corrected chi connectivity index (χ4v) is 2.85. The Hall–Kier alpha value is -3.38. The molecule has 0 unspecified atom stereocenters. The quantitative estimate of drug-likeness (QED) is 0.358. The maximum atomic E-state index is 9.18. The van der Waals surface area contributed by atoms with Crippen LogP contribution < -0.4 is 26.8 Å². The van der Waals surface area contributed by atoms with Crippen molar-refractivity contribution in [2.45, 2.75) is 25.3 Å². The van der Waals surface area contributed by atoms with Crippen LogP contribution in [0.5, 0.6) is 5.75 Å². The molecule has 1 saturated heterocycles. The number of nitrogens with one attached hydrogen (secondary N) is 1. The minimum Gasteiger partial charge on any atom is -0.436 e. The van der Waals surface area contributed by atoms with Crippen LogP contribution in [-0.4, -0.2) is 34.5 Å². The first-order chi connectivity index (χ1) is 12.8. The van der Waals surface area contributed by atoms with Gasteiger partial charge in [0.1, 0.15) is 17.6 Å². The number of anilines is 3. The summed E-state index contributed by atoms with van der Waals surface area (Å²) < 4.78 is 5.46. The Balaban J connectivity index is 1.76. The Kier molecular flexibility index (Phi) is 4.83. The first-order valence-electron chi connectivity index (χ1n) is 8.52. The van der Waals surface area contributed by atoms with Crippen molar-refractivity contribution in [3.63, 3.8) is 0 Å². The molecular weight excluding hydrogens is 344 g/mol. The minimum absolute atomic E-state index is 0.0903. The first kappa shape index (κ1) is 18.4. The van der Waals surface area contributed by atoms with Crippen LogP contribution in [0.4, 0.5) is 17.3 Å². The molecule has 3 rings (SSSR count). The molecule has 1 aliphatic rings. The van der Waals surface area contributed by atoms with E-state index in [4.69, 9.17) is 27.3 Å². The van der Waals surface area contributed by atoms with Gasteiger partial charge in [-0.25, -0.2) is 9.97 Å². The Labute approximate surface area is 157 Å². The number of nitriles is 1. The summed E-state index contributed by atoms with van der Waals surface area (Å²) in [6, 6.07) is 6.57.